The molecule has 7 heteroatoms. The molecule has 0 saturated heterocycles. The molecular weight excluding hydrogens is 396 g/mol. The predicted molar refractivity (Wildman–Crippen MR) is 99.8 cm³/mol. The summed E-state index contributed by atoms with van der Waals surface area (Å²) < 4.78 is 0. The summed E-state index contributed by atoms with van der Waals surface area (Å²) in [6, 6.07) is 12.4. The van der Waals surface area contributed by atoms with Crippen LogP contribution in [0.3, 0.4) is 0 Å². The van der Waals surface area contributed by atoms with Crippen molar-refractivity contribution in [1.29, 1.82) is 0 Å². The van der Waals surface area contributed by atoms with Gasteiger partial charge in [0, 0.05) is 29.3 Å². The molecule has 5 nitrogen and oxygen atoms in total. The van der Waals surface area contributed by atoms with E-state index in [9.17, 15) is 14.7 Å². The minimum atomic E-state index is -0.649. The minimum Gasteiger partial charge on any atom is -0.506 e. The number of carbonyl (C=O) groups excluding carboxylic acids is 1. The topological polar surface area (TPSA) is 73.4 Å². The number of aryl methyl sites for hydroxylation is 1. The third-order valence-electron chi connectivity index (χ3n) is 4.13. The summed E-state index contributed by atoms with van der Waals surface area (Å²) in [7, 11) is 0. The smallest absolute Gasteiger partial charge is 0.267 e. The molecule has 0 aliphatic heterocycles. The van der Waals surface area contributed by atoms with Gasteiger partial charge in [-0.15, -0.1) is 0 Å². The number of nitrogens with one attached hydrogen (secondary N) is 1. The van der Waals surface area contributed by atoms with Gasteiger partial charge in [0.1, 0.15) is 11.3 Å². The van der Waals surface area contributed by atoms with Crippen molar-refractivity contribution in [2.75, 3.05) is 11.4 Å². The molecule has 3 rings (SSSR count). The average Bonchev–Trinajstić information content (AvgIpc) is 2.59. The monoisotopic (exact) mass is 412 g/mol. The largest absolute Gasteiger partial charge is 0.506 e. The molecular formula is C19H17ClFeN2O3. The Morgan fingerprint density at radius 1 is 1.19 bits per heavy atom. The first-order chi connectivity index (χ1) is 12.0. The van der Waals surface area contributed by atoms with E-state index in [2.05, 4.69) is 4.98 Å². The Morgan fingerprint density at radius 3 is 2.46 bits per heavy atom. The Labute approximate surface area is 166 Å². The maximum absolute atomic E-state index is 13.0. The van der Waals surface area contributed by atoms with Gasteiger partial charge < -0.3 is 15.0 Å². The summed E-state index contributed by atoms with van der Waals surface area (Å²) in [5, 5.41) is 11.2. The number of rotatable bonds is 3. The van der Waals surface area contributed by atoms with Crippen molar-refractivity contribution in [3.63, 3.8) is 0 Å². The first kappa shape index (κ1) is 20.0. The number of anilines is 1. The van der Waals surface area contributed by atoms with Gasteiger partial charge in [0.05, 0.1) is 15.9 Å². The zero-order valence-corrected chi connectivity index (χ0v) is 16.1. The van der Waals surface area contributed by atoms with Gasteiger partial charge >= 0.3 is 0 Å². The van der Waals surface area contributed by atoms with E-state index in [1.54, 1.807) is 50.2 Å². The quantitative estimate of drug-likeness (QED) is 0.642. The third-order valence-corrected chi connectivity index (χ3v) is 4.61. The number of benzene rings is 2. The van der Waals surface area contributed by atoms with Crippen molar-refractivity contribution in [2.24, 2.45) is 0 Å². The second kappa shape index (κ2) is 7.96. The van der Waals surface area contributed by atoms with E-state index < -0.39 is 17.2 Å². The van der Waals surface area contributed by atoms with Crippen LogP contribution in [0.5, 0.6) is 5.75 Å². The number of aromatic hydroxyl groups is 1. The molecule has 0 unspecified atom stereocenters. The summed E-state index contributed by atoms with van der Waals surface area (Å²) in [5.74, 6) is -0.973. The molecule has 0 saturated carbocycles. The summed E-state index contributed by atoms with van der Waals surface area (Å²) in [5.41, 5.74) is 0.807. The van der Waals surface area contributed by atoms with Crippen LogP contribution in [0, 0.1) is 6.92 Å². The van der Waals surface area contributed by atoms with Gasteiger partial charge in [-0.25, -0.2) is 0 Å². The van der Waals surface area contributed by atoms with Gasteiger partial charge in [-0.3, -0.25) is 9.59 Å². The molecule has 1 aromatic heterocycles. The average molecular weight is 413 g/mol. The fourth-order valence-electron chi connectivity index (χ4n) is 2.82. The number of H-pyrrole nitrogens is 1. The first-order valence-electron chi connectivity index (χ1n) is 7.86. The predicted octanol–water partition coefficient (Wildman–Crippen LogP) is 3.86. The van der Waals surface area contributed by atoms with Crippen molar-refractivity contribution in [3.8, 4) is 5.75 Å². The molecule has 26 heavy (non-hydrogen) atoms. The Balaban J connectivity index is 0.00000243. The van der Waals surface area contributed by atoms with Crippen molar-refractivity contribution >= 4 is 34.1 Å². The minimum absolute atomic E-state index is 0. The van der Waals surface area contributed by atoms with Crippen LogP contribution in [0.15, 0.2) is 47.3 Å². The van der Waals surface area contributed by atoms with Crippen LogP contribution >= 0.6 is 11.6 Å². The number of nitrogens with zero attached hydrogens (tertiary/aromatic N) is 1. The maximum atomic E-state index is 13.0. The van der Waals surface area contributed by atoms with Crippen LogP contribution in [0.1, 0.15) is 22.8 Å². The van der Waals surface area contributed by atoms with Gasteiger partial charge in [0.2, 0.25) is 0 Å². The molecule has 1 amide bonds. The summed E-state index contributed by atoms with van der Waals surface area (Å²) in [6.45, 7) is 3.94. The number of fused-ring (bicyclic) bond motifs is 1. The number of carbonyl (C=O) groups is 1. The van der Waals surface area contributed by atoms with Crippen LogP contribution in [0.2, 0.25) is 5.02 Å². The van der Waals surface area contributed by atoms with Gasteiger partial charge in [-0.1, -0.05) is 35.9 Å². The van der Waals surface area contributed by atoms with E-state index >= 15 is 0 Å². The Hall–Kier alpha value is -2.27. The zero-order valence-electron chi connectivity index (χ0n) is 14.2. The normalized spacial score (nSPS) is 10.4. The second-order valence-corrected chi connectivity index (χ2v) is 6.06. The molecule has 0 fully saturated rings. The van der Waals surface area contributed by atoms with E-state index in [0.29, 0.717) is 22.8 Å². The number of hydrogen-bond acceptors (Lipinski definition) is 3. The van der Waals surface area contributed by atoms with Crippen LogP contribution < -0.4 is 10.5 Å². The van der Waals surface area contributed by atoms with Gasteiger partial charge in [-0.2, -0.15) is 0 Å². The van der Waals surface area contributed by atoms with Crippen molar-refractivity contribution in [1.82, 2.24) is 4.98 Å². The number of pyridine rings is 1. The van der Waals surface area contributed by atoms with Crippen LogP contribution in [0.25, 0.3) is 10.9 Å². The van der Waals surface area contributed by atoms with E-state index in [1.807, 2.05) is 6.07 Å². The molecule has 2 N–H and O–H groups in total. The summed E-state index contributed by atoms with van der Waals surface area (Å²) in [4.78, 5) is 29.5. The summed E-state index contributed by atoms with van der Waals surface area (Å²) >= 11 is 6.28. The Kier molecular flexibility index (Phi) is 6.13. The van der Waals surface area contributed by atoms with Crippen LogP contribution in [-0.2, 0) is 17.1 Å². The molecule has 2 aromatic carbocycles. The zero-order chi connectivity index (χ0) is 18.1. The van der Waals surface area contributed by atoms with Gasteiger partial charge in [0.25, 0.3) is 11.5 Å². The third kappa shape index (κ3) is 3.36. The second-order valence-electron chi connectivity index (χ2n) is 5.68. The standard InChI is InChI=1S/C19H17ClN2O3.Fe/c1-3-22(12-7-5-4-6-8-12)19(25)15-17(23)14-13(21-18(15)24)10-9-11(2)16(14)20;/h4-10H,3H2,1-2H3,(H2,21,23,24);. The molecule has 0 radical (unpaired) electrons. The molecule has 0 bridgehead atoms. The van der Waals surface area contributed by atoms with E-state index in [1.165, 1.54) is 4.90 Å². The maximum Gasteiger partial charge on any atom is 0.267 e. The molecule has 0 aliphatic carbocycles. The molecule has 0 spiro atoms. The number of para-hydroxylation sites is 1. The first-order valence-corrected chi connectivity index (χ1v) is 8.24. The molecule has 3 aromatic rings. The van der Waals surface area contributed by atoms with Crippen molar-refractivity contribution in [2.45, 2.75) is 13.8 Å². The SMILES string of the molecule is CCN(C(=O)c1c(O)c2c(Cl)c(C)ccc2[nH]c1=O)c1ccccc1.[Fe]. The molecule has 1 heterocycles. The van der Waals surface area contributed by atoms with E-state index in [0.717, 1.165) is 5.56 Å². The Bertz CT molecular complexity index is 1020. The van der Waals surface area contributed by atoms with E-state index in [4.69, 9.17) is 11.6 Å². The number of aromatic amines is 1. The number of halogens is 1. The van der Waals surface area contributed by atoms with Crippen LogP contribution in [-0.4, -0.2) is 22.5 Å². The number of amides is 1. The van der Waals surface area contributed by atoms with E-state index in [-0.39, 0.29) is 28.0 Å². The number of hydrogen-bond donors (Lipinski definition) is 2. The molecule has 0 aliphatic rings. The fraction of sp³-hybridized carbons (Fsp3) is 0.158. The molecule has 0 atom stereocenters. The van der Waals surface area contributed by atoms with Crippen LogP contribution in [0.4, 0.5) is 5.69 Å². The van der Waals surface area contributed by atoms with Crippen molar-refractivity contribution in [3.05, 3.63) is 69.0 Å². The van der Waals surface area contributed by atoms with Crippen molar-refractivity contribution < 1.29 is 27.0 Å². The number of aromatic nitrogens is 1. The summed E-state index contributed by atoms with van der Waals surface area (Å²) in [6.07, 6.45) is 0. The Morgan fingerprint density at radius 2 is 1.85 bits per heavy atom. The van der Waals surface area contributed by atoms with Gasteiger partial charge in [-0.05, 0) is 37.6 Å². The fourth-order valence-corrected chi connectivity index (χ4v) is 3.07. The van der Waals surface area contributed by atoms with Gasteiger partial charge in [0.15, 0.2) is 0 Å². The molecule has 136 valence electrons.